The van der Waals surface area contributed by atoms with Crippen molar-refractivity contribution < 1.29 is 41.8 Å². The first-order chi connectivity index (χ1) is 32.8. The molecule has 0 saturated heterocycles. The number of hydrogen-bond donors (Lipinski definition) is 0. The molecule has 0 radical (unpaired) electrons. The second-order valence-electron chi connectivity index (χ2n) is 17.3. The van der Waals surface area contributed by atoms with Gasteiger partial charge in [0.1, 0.15) is 34.0 Å². The number of unbranched alkanes of at least 4 members (excludes halogenated alkanes) is 14. The van der Waals surface area contributed by atoms with Crippen LogP contribution >= 0.6 is 0 Å². The minimum atomic E-state index is -0.406. The average molecular weight is 935 g/mol. The van der Waals surface area contributed by atoms with E-state index in [9.17, 15) is 28.8 Å². The van der Waals surface area contributed by atoms with Gasteiger partial charge in [0.25, 0.3) is 0 Å². The fourth-order valence-corrected chi connectivity index (χ4v) is 7.66. The lowest BCUT2D eigenvalue weighted by molar-refractivity contribution is -0.135. The van der Waals surface area contributed by atoms with Crippen molar-refractivity contribution in [3.63, 3.8) is 0 Å². The van der Waals surface area contributed by atoms with Crippen LogP contribution in [0.1, 0.15) is 166 Å². The Kier molecular flexibility index (Phi) is 23.5. The average Bonchev–Trinajstić information content (AvgIpc) is 3.28. The Balaban J connectivity index is 0.000000230. The van der Waals surface area contributed by atoms with E-state index in [-0.39, 0.29) is 17.9 Å². The number of benzene rings is 3. The summed E-state index contributed by atoms with van der Waals surface area (Å²) in [6, 6.07) is 19.7. The minimum absolute atomic E-state index is 0.230. The number of carbonyl (C=O) groups is 3. The van der Waals surface area contributed by atoms with E-state index in [4.69, 9.17) is 27.5 Å². The molecule has 12 heteroatoms. The molecule has 0 aliphatic rings. The third-order valence-electron chi connectivity index (χ3n) is 11.4. The van der Waals surface area contributed by atoms with Crippen molar-refractivity contribution in [2.45, 2.75) is 170 Å². The van der Waals surface area contributed by atoms with Crippen LogP contribution < -0.4 is 31.1 Å². The molecule has 6 rings (SSSR count). The van der Waals surface area contributed by atoms with E-state index in [1.165, 1.54) is 82.4 Å². The van der Waals surface area contributed by atoms with Crippen molar-refractivity contribution >= 4 is 50.8 Å². The molecule has 6 aromatic rings. The molecule has 0 spiro atoms. The fraction of sp³-hybridized carbons (Fsp3) is 0.464. The first-order valence-electron chi connectivity index (χ1n) is 24.6. The topological polar surface area (TPSA) is 170 Å². The van der Waals surface area contributed by atoms with Crippen LogP contribution in [0, 0.1) is 20.8 Å². The highest BCUT2D eigenvalue weighted by atomic mass is 16.5. The van der Waals surface area contributed by atoms with Crippen molar-refractivity contribution in [2.24, 2.45) is 0 Å². The lowest BCUT2D eigenvalue weighted by Gasteiger charge is -2.06. The Labute approximate surface area is 399 Å². The number of hydrogen-bond acceptors (Lipinski definition) is 12. The number of fused-ring (bicyclic) bond motifs is 3. The number of carbonyl (C=O) groups excluding carboxylic acids is 3. The van der Waals surface area contributed by atoms with Gasteiger partial charge in [-0.1, -0.05) is 111 Å². The van der Waals surface area contributed by atoms with Gasteiger partial charge in [0.2, 0.25) is 0 Å². The van der Waals surface area contributed by atoms with E-state index >= 15 is 0 Å². The summed E-state index contributed by atoms with van der Waals surface area (Å²) in [6.45, 7) is 11.8. The molecule has 12 nitrogen and oxygen atoms in total. The van der Waals surface area contributed by atoms with Crippen molar-refractivity contribution in [1.29, 1.82) is 0 Å². The highest BCUT2D eigenvalue weighted by molar-refractivity contribution is 5.84. The van der Waals surface area contributed by atoms with Crippen LogP contribution in [0.25, 0.3) is 32.9 Å². The molecule has 0 atom stereocenters. The molecule has 68 heavy (non-hydrogen) atoms. The molecule has 0 unspecified atom stereocenters. The first kappa shape index (κ1) is 54.3. The van der Waals surface area contributed by atoms with Gasteiger partial charge in [0.05, 0.1) is 0 Å². The maximum absolute atomic E-state index is 12.0. The van der Waals surface area contributed by atoms with Gasteiger partial charge in [0.15, 0.2) is 0 Å². The molecule has 0 amide bonds. The molecule has 0 N–H and O–H groups in total. The maximum atomic E-state index is 12.0. The predicted octanol–water partition coefficient (Wildman–Crippen LogP) is 13.9. The van der Waals surface area contributed by atoms with Crippen molar-refractivity contribution in [3.05, 3.63) is 121 Å². The molecular weight excluding hydrogens is 865 g/mol. The van der Waals surface area contributed by atoms with Crippen LogP contribution in [-0.4, -0.2) is 17.9 Å². The summed E-state index contributed by atoms with van der Waals surface area (Å²) in [7, 11) is 0. The first-order valence-corrected chi connectivity index (χ1v) is 24.6. The zero-order chi connectivity index (χ0) is 49.3. The van der Waals surface area contributed by atoms with Crippen molar-refractivity contribution in [3.8, 4) is 17.2 Å². The minimum Gasteiger partial charge on any atom is -0.426 e. The lowest BCUT2D eigenvalue weighted by atomic mass is 10.0. The van der Waals surface area contributed by atoms with E-state index in [0.717, 1.165) is 77.8 Å². The highest BCUT2D eigenvalue weighted by Crippen LogP contribution is 2.25. The van der Waals surface area contributed by atoms with Crippen LogP contribution in [-0.2, 0) is 14.4 Å². The summed E-state index contributed by atoms with van der Waals surface area (Å²) in [5, 5.41) is 2.53. The molecule has 0 bridgehead atoms. The summed E-state index contributed by atoms with van der Waals surface area (Å²) in [6.07, 6.45) is 21.3. The lowest BCUT2D eigenvalue weighted by Crippen LogP contribution is -2.07. The molecule has 3 aromatic heterocycles. The quantitative estimate of drug-likeness (QED) is 0.0258. The van der Waals surface area contributed by atoms with Crippen molar-refractivity contribution in [2.75, 3.05) is 0 Å². The van der Waals surface area contributed by atoms with Gasteiger partial charge < -0.3 is 27.5 Å². The molecular formula is C56H70O12. The molecule has 3 aromatic carbocycles. The number of rotatable bonds is 23. The third kappa shape index (κ3) is 19.1. The largest absolute Gasteiger partial charge is 0.426 e. The fourth-order valence-electron chi connectivity index (χ4n) is 7.66. The van der Waals surface area contributed by atoms with E-state index in [2.05, 4.69) is 13.8 Å². The Bertz CT molecular complexity index is 2720. The smallest absolute Gasteiger partial charge is 0.336 e. The van der Waals surface area contributed by atoms with E-state index in [1.807, 2.05) is 33.8 Å². The zero-order valence-corrected chi connectivity index (χ0v) is 41.0. The predicted molar refractivity (Wildman–Crippen MR) is 268 cm³/mol. The van der Waals surface area contributed by atoms with Gasteiger partial charge in [-0.05, 0) is 93.1 Å². The van der Waals surface area contributed by atoms with Crippen LogP contribution in [0.5, 0.6) is 17.2 Å². The molecule has 0 saturated carbocycles. The summed E-state index contributed by atoms with van der Waals surface area (Å²) in [5.41, 5.74) is 2.66. The van der Waals surface area contributed by atoms with Crippen molar-refractivity contribution in [1.82, 2.24) is 0 Å². The van der Waals surface area contributed by atoms with Crippen LogP contribution in [0.4, 0.5) is 0 Å². The highest BCUT2D eigenvalue weighted by Gasteiger charge is 2.11. The Morgan fingerprint density at radius 3 is 0.956 bits per heavy atom. The molecule has 366 valence electrons. The van der Waals surface area contributed by atoms with Gasteiger partial charge >= 0.3 is 34.8 Å². The Morgan fingerprint density at radius 1 is 0.368 bits per heavy atom. The Hall–Kier alpha value is -6.30. The number of ether oxygens (including phenoxy) is 3. The molecule has 0 aliphatic heterocycles. The van der Waals surface area contributed by atoms with E-state index in [0.29, 0.717) is 53.3 Å². The Morgan fingerprint density at radius 2 is 0.647 bits per heavy atom. The SMILES string of the molecule is CCCC(=O)Oc1ccc2c(C)cc(=O)oc2c1.CCCCCCC(=O)Oc1ccc2c(C)cc(=O)oc2c1.CCCCCCCCCCCCCCC(=O)Oc1ccc2c(C)cc(=O)oc2c1. The van der Waals surface area contributed by atoms with Crippen LogP contribution in [0.3, 0.4) is 0 Å². The molecule has 0 fully saturated rings. The van der Waals surface area contributed by atoms with Gasteiger partial charge in [-0.3, -0.25) is 14.4 Å². The van der Waals surface area contributed by atoms with Gasteiger partial charge in [0, 0.05) is 71.8 Å². The summed E-state index contributed by atoms with van der Waals surface area (Å²) >= 11 is 0. The van der Waals surface area contributed by atoms with Crippen LogP contribution in [0.2, 0.25) is 0 Å². The normalized spacial score (nSPS) is 10.9. The van der Waals surface area contributed by atoms with E-state index in [1.54, 1.807) is 48.5 Å². The number of esters is 3. The summed E-state index contributed by atoms with van der Waals surface area (Å²) < 4.78 is 31.2. The summed E-state index contributed by atoms with van der Waals surface area (Å²) in [5.74, 6) is 0.473. The van der Waals surface area contributed by atoms with Crippen LogP contribution in [0.15, 0.2) is 100 Å². The second kappa shape index (κ2) is 29.5. The monoisotopic (exact) mass is 934 g/mol. The van der Waals surface area contributed by atoms with Gasteiger partial charge in [-0.25, -0.2) is 14.4 Å². The van der Waals surface area contributed by atoms with Gasteiger partial charge in [-0.2, -0.15) is 0 Å². The van der Waals surface area contributed by atoms with E-state index < -0.39 is 16.9 Å². The summed E-state index contributed by atoms with van der Waals surface area (Å²) in [4.78, 5) is 69.3. The number of aryl methyl sites for hydroxylation is 3. The zero-order valence-electron chi connectivity index (χ0n) is 41.0. The molecule has 3 heterocycles. The standard InChI is InChI=1S/C25H36O4.C17H20O4.C14H14O4/c1-3-4-5-6-7-8-9-10-11-12-13-14-15-24(26)28-21-16-17-22-20(2)18-25(27)29-23(22)19-21;1-3-4-5-6-7-16(18)20-13-8-9-14-12(2)10-17(19)21-15(14)11-13;1-3-4-13(15)17-10-5-6-11-9(2)7-14(16)18-12(11)8-10/h16-19H,3-15H2,1-2H3;8-11H,3-7H2,1-2H3;5-8H,3-4H2,1-2H3. The third-order valence-corrected chi connectivity index (χ3v) is 11.4. The maximum Gasteiger partial charge on any atom is 0.336 e. The van der Waals surface area contributed by atoms with Gasteiger partial charge in [-0.15, -0.1) is 0 Å². The molecule has 0 aliphatic carbocycles. The second-order valence-corrected chi connectivity index (χ2v) is 17.3.